The number of nitrogen functional groups attached to an aromatic ring is 1. The second-order valence-electron chi connectivity index (χ2n) is 6.68. The number of rotatable bonds is 4. The molecule has 4 aromatic rings. The number of nitrogens with two attached hydrogens (primary N) is 1. The number of allylic oxidation sites excluding steroid dienone is 1. The normalized spacial score (nSPS) is 12.8. The topological polar surface area (TPSA) is 146 Å². The van der Waals surface area contributed by atoms with Crippen molar-refractivity contribution in [1.29, 1.82) is 0 Å². The van der Waals surface area contributed by atoms with Crippen LogP contribution >= 0.6 is 0 Å². The van der Waals surface area contributed by atoms with Gasteiger partial charge in [-0.25, -0.2) is 0 Å². The Morgan fingerprint density at radius 2 is 2.00 bits per heavy atom. The molecule has 0 saturated heterocycles. The molecule has 0 radical (unpaired) electrons. The number of H-pyrrole nitrogens is 2. The average Bonchev–Trinajstić information content (AvgIpc) is 3.36. The third-order valence-corrected chi connectivity index (χ3v) is 4.85. The summed E-state index contributed by atoms with van der Waals surface area (Å²) < 4.78 is 40.1. The van der Waals surface area contributed by atoms with E-state index in [1.54, 1.807) is 6.07 Å². The van der Waals surface area contributed by atoms with Crippen LogP contribution in [0.5, 0.6) is 5.88 Å². The maximum absolute atomic E-state index is 13.4. The number of para-hydroxylation sites is 1. The Hall–Kier alpha value is -4.22. The van der Waals surface area contributed by atoms with Crippen LogP contribution in [0, 0.1) is 4.91 Å². The van der Waals surface area contributed by atoms with Gasteiger partial charge >= 0.3 is 6.18 Å². The minimum Gasteiger partial charge on any atom is -0.494 e. The molecule has 0 bridgehead atoms. The third kappa shape index (κ3) is 3.37. The molecule has 31 heavy (non-hydrogen) atoms. The number of anilines is 1. The van der Waals surface area contributed by atoms with Crippen molar-refractivity contribution in [2.45, 2.75) is 13.1 Å². The van der Waals surface area contributed by atoms with Crippen LogP contribution in [-0.2, 0) is 6.18 Å². The SMILES string of the molecule is CC(=C(N=O)c1cc(-c2nn[nH]n2)ccc1N)c1c(O)[nH]c2c(C(F)(F)F)cccc12. The van der Waals surface area contributed by atoms with Crippen molar-refractivity contribution in [3.05, 3.63) is 58.0 Å². The van der Waals surface area contributed by atoms with Crippen LogP contribution in [-0.4, -0.2) is 30.7 Å². The first kappa shape index (κ1) is 20.1. The second kappa shape index (κ2) is 7.23. The number of hydrogen-bond acceptors (Lipinski definition) is 7. The van der Waals surface area contributed by atoms with E-state index in [2.05, 4.69) is 30.8 Å². The molecule has 12 heteroatoms. The summed E-state index contributed by atoms with van der Waals surface area (Å²) in [6.07, 6.45) is -4.64. The molecule has 9 nitrogen and oxygen atoms in total. The van der Waals surface area contributed by atoms with Crippen molar-refractivity contribution in [3.8, 4) is 17.3 Å². The summed E-state index contributed by atoms with van der Waals surface area (Å²) in [6.45, 7) is 1.46. The summed E-state index contributed by atoms with van der Waals surface area (Å²) in [6, 6.07) is 8.14. The van der Waals surface area contributed by atoms with Crippen LogP contribution in [0.25, 0.3) is 33.6 Å². The fraction of sp³-hybridized carbons (Fsp3) is 0.105. The number of benzene rings is 2. The molecule has 0 amide bonds. The predicted octanol–water partition coefficient (Wildman–Crippen LogP) is 4.31. The summed E-state index contributed by atoms with van der Waals surface area (Å²) in [7, 11) is 0. The maximum atomic E-state index is 13.4. The molecule has 0 unspecified atom stereocenters. The van der Waals surface area contributed by atoms with Crippen LogP contribution in [0.2, 0.25) is 0 Å². The van der Waals surface area contributed by atoms with Crippen LogP contribution in [0.15, 0.2) is 41.6 Å². The number of halogens is 3. The molecule has 0 spiro atoms. The van der Waals surface area contributed by atoms with Crippen molar-refractivity contribution in [2.24, 2.45) is 5.18 Å². The second-order valence-corrected chi connectivity index (χ2v) is 6.68. The highest BCUT2D eigenvalue weighted by atomic mass is 19.4. The van der Waals surface area contributed by atoms with Gasteiger partial charge in [-0.2, -0.15) is 18.4 Å². The van der Waals surface area contributed by atoms with Crippen molar-refractivity contribution >= 4 is 27.9 Å². The molecular weight excluding hydrogens is 415 g/mol. The Labute approximate surface area is 171 Å². The van der Waals surface area contributed by atoms with E-state index in [-0.39, 0.29) is 44.8 Å². The number of fused-ring (bicyclic) bond motifs is 1. The first-order valence-corrected chi connectivity index (χ1v) is 8.81. The minimum absolute atomic E-state index is 0.0139. The first-order chi connectivity index (χ1) is 14.7. The molecule has 5 N–H and O–H groups in total. The number of hydrogen-bond donors (Lipinski definition) is 4. The van der Waals surface area contributed by atoms with Gasteiger partial charge in [-0.3, -0.25) is 0 Å². The van der Waals surface area contributed by atoms with Gasteiger partial charge in [0.15, 0.2) is 5.88 Å². The van der Waals surface area contributed by atoms with Crippen molar-refractivity contribution in [3.63, 3.8) is 0 Å². The maximum Gasteiger partial charge on any atom is 0.418 e. The lowest BCUT2D eigenvalue weighted by atomic mass is 9.97. The number of nitrogens with zero attached hydrogens (tertiary/aromatic N) is 4. The minimum atomic E-state index is -4.64. The van der Waals surface area contributed by atoms with E-state index in [4.69, 9.17) is 5.73 Å². The molecule has 2 heterocycles. The van der Waals surface area contributed by atoms with Gasteiger partial charge in [0, 0.05) is 27.8 Å². The Morgan fingerprint density at radius 1 is 1.23 bits per heavy atom. The van der Waals surface area contributed by atoms with Gasteiger partial charge in [-0.05, 0) is 47.2 Å². The van der Waals surface area contributed by atoms with E-state index in [1.165, 1.54) is 31.2 Å². The summed E-state index contributed by atoms with van der Waals surface area (Å²) >= 11 is 0. The van der Waals surface area contributed by atoms with Crippen molar-refractivity contribution < 1.29 is 18.3 Å². The molecule has 2 aromatic carbocycles. The number of tetrazole rings is 1. The monoisotopic (exact) mass is 429 g/mol. The Balaban J connectivity index is 1.96. The highest BCUT2D eigenvalue weighted by Crippen LogP contribution is 2.42. The van der Waals surface area contributed by atoms with Crippen molar-refractivity contribution in [2.75, 3.05) is 5.73 Å². The highest BCUT2D eigenvalue weighted by Gasteiger charge is 2.34. The Bertz CT molecular complexity index is 1320. The van der Waals surface area contributed by atoms with Crippen LogP contribution < -0.4 is 5.73 Å². The highest BCUT2D eigenvalue weighted by molar-refractivity contribution is 6.04. The van der Waals surface area contributed by atoms with Gasteiger partial charge in [0.05, 0.1) is 11.1 Å². The number of aromatic hydroxyl groups is 1. The largest absolute Gasteiger partial charge is 0.494 e. The fourth-order valence-corrected chi connectivity index (χ4v) is 3.44. The summed E-state index contributed by atoms with van der Waals surface area (Å²) in [5, 5.41) is 27.0. The van der Waals surface area contributed by atoms with Crippen LogP contribution in [0.4, 0.5) is 18.9 Å². The summed E-state index contributed by atoms with van der Waals surface area (Å²) in [5.74, 6) is -0.285. The van der Waals surface area contributed by atoms with E-state index in [1.807, 2.05) is 0 Å². The molecule has 0 aliphatic heterocycles. The summed E-state index contributed by atoms with van der Waals surface area (Å²) in [4.78, 5) is 14.1. The van der Waals surface area contributed by atoms with Crippen LogP contribution in [0.3, 0.4) is 0 Å². The van der Waals surface area contributed by atoms with Gasteiger partial charge in [-0.1, -0.05) is 12.1 Å². The van der Waals surface area contributed by atoms with E-state index in [0.29, 0.717) is 5.56 Å². The third-order valence-electron chi connectivity index (χ3n) is 4.85. The fourth-order valence-electron chi connectivity index (χ4n) is 3.44. The molecule has 2 aromatic heterocycles. The van der Waals surface area contributed by atoms with E-state index in [9.17, 15) is 23.2 Å². The number of alkyl halides is 3. The zero-order chi connectivity index (χ0) is 22.3. The van der Waals surface area contributed by atoms with E-state index >= 15 is 0 Å². The number of aromatic amines is 2. The van der Waals surface area contributed by atoms with Gasteiger partial charge in [0.25, 0.3) is 0 Å². The zero-order valence-corrected chi connectivity index (χ0v) is 15.8. The average molecular weight is 429 g/mol. The number of nitroso groups, excluding NO2 is 1. The lowest BCUT2D eigenvalue weighted by molar-refractivity contribution is -0.136. The molecule has 0 fully saturated rings. The molecule has 4 rings (SSSR count). The Morgan fingerprint density at radius 3 is 2.65 bits per heavy atom. The van der Waals surface area contributed by atoms with E-state index in [0.717, 1.165) is 6.07 Å². The predicted molar refractivity (Wildman–Crippen MR) is 107 cm³/mol. The molecule has 0 atom stereocenters. The number of nitrogens with one attached hydrogen (secondary N) is 2. The van der Waals surface area contributed by atoms with Gasteiger partial charge in [0.2, 0.25) is 5.82 Å². The smallest absolute Gasteiger partial charge is 0.418 e. The molecule has 0 aliphatic carbocycles. The lowest BCUT2D eigenvalue weighted by Crippen LogP contribution is -2.05. The lowest BCUT2D eigenvalue weighted by Gasteiger charge is -2.10. The molecular formula is C19H14F3N7O2. The Kier molecular flexibility index (Phi) is 4.68. The standard InChI is InChI=1S/C19H14F3N7O2/c1-8(14-10-3-2-4-12(19(20,21)22)16(10)24-18(14)30)15(27-31)11-7-9(5-6-13(11)23)17-25-28-29-26-17/h2-7,24,30H,23H2,1H3,(H,25,26,28,29). The van der Waals surface area contributed by atoms with E-state index < -0.39 is 17.6 Å². The van der Waals surface area contributed by atoms with Gasteiger partial charge in [0.1, 0.15) is 5.70 Å². The quantitative estimate of drug-likeness (QED) is 0.281. The molecule has 0 saturated carbocycles. The summed E-state index contributed by atoms with van der Waals surface area (Å²) in [5.41, 5.74) is 5.64. The van der Waals surface area contributed by atoms with Crippen LogP contribution in [0.1, 0.15) is 23.6 Å². The first-order valence-electron chi connectivity index (χ1n) is 8.81. The molecule has 158 valence electrons. The number of aromatic nitrogens is 5. The molecule has 0 aliphatic rings. The van der Waals surface area contributed by atoms with Gasteiger partial charge < -0.3 is 15.8 Å². The van der Waals surface area contributed by atoms with Crippen molar-refractivity contribution in [1.82, 2.24) is 25.6 Å². The zero-order valence-electron chi connectivity index (χ0n) is 15.8. The van der Waals surface area contributed by atoms with Gasteiger partial charge in [-0.15, -0.1) is 15.1 Å².